The average Bonchev–Trinajstić information content (AvgIpc) is 2.21. The molecule has 0 aromatic heterocycles. The van der Waals surface area contributed by atoms with Crippen molar-refractivity contribution in [1.29, 1.82) is 0 Å². The van der Waals surface area contributed by atoms with Crippen LogP contribution in [0.4, 0.5) is 0 Å². The highest BCUT2D eigenvalue weighted by Crippen LogP contribution is 2.20. The van der Waals surface area contributed by atoms with Crippen LogP contribution in [-0.2, 0) is 0 Å². The van der Waals surface area contributed by atoms with E-state index in [0.717, 1.165) is 6.42 Å². The first kappa shape index (κ1) is 11.8. The van der Waals surface area contributed by atoms with Gasteiger partial charge in [0.15, 0.2) is 0 Å². The fourth-order valence-corrected chi connectivity index (χ4v) is 1.68. The third-order valence-corrected chi connectivity index (χ3v) is 2.48. The highest BCUT2D eigenvalue weighted by Gasteiger charge is 2.10. The Morgan fingerprint density at radius 2 is 2.13 bits per heavy atom. The van der Waals surface area contributed by atoms with Gasteiger partial charge in [-0.05, 0) is 31.9 Å². The monoisotopic (exact) mass is 202 g/mol. The highest BCUT2D eigenvalue weighted by molar-refractivity contribution is 5.33. The third-order valence-electron chi connectivity index (χ3n) is 2.48. The van der Waals surface area contributed by atoms with Gasteiger partial charge in [-0.3, -0.25) is 11.3 Å². The fraction of sp³-hybridized carbons (Fsp3) is 0.385. The van der Waals surface area contributed by atoms with Gasteiger partial charge in [0.1, 0.15) is 0 Å². The van der Waals surface area contributed by atoms with Crippen LogP contribution in [0.15, 0.2) is 18.2 Å². The number of hydrogen-bond donors (Lipinski definition) is 2. The summed E-state index contributed by atoms with van der Waals surface area (Å²) in [5, 5.41) is 0. The summed E-state index contributed by atoms with van der Waals surface area (Å²) in [4.78, 5) is 0. The molecule has 0 saturated carbocycles. The minimum Gasteiger partial charge on any atom is -0.271 e. The molecule has 0 radical (unpaired) electrons. The topological polar surface area (TPSA) is 38.0 Å². The third kappa shape index (κ3) is 3.09. The Morgan fingerprint density at radius 1 is 1.40 bits per heavy atom. The van der Waals surface area contributed by atoms with E-state index in [1.54, 1.807) is 0 Å². The smallest absolute Gasteiger partial charge is 0.0571 e. The molecule has 2 heteroatoms. The predicted octanol–water partition coefficient (Wildman–Crippen LogP) is 2.22. The Balaban J connectivity index is 2.94. The van der Waals surface area contributed by atoms with Crippen molar-refractivity contribution in [2.24, 2.45) is 5.84 Å². The van der Waals surface area contributed by atoms with Gasteiger partial charge in [-0.25, -0.2) is 0 Å². The van der Waals surface area contributed by atoms with Crippen molar-refractivity contribution in [3.05, 3.63) is 34.9 Å². The summed E-state index contributed by atoms with van der Waals surface area (Å²) < 4.78 is 0. The van der Waals surface area contributed by atoms with Crippen LogP contribution in [0, 0.1) is 25.7 Å². The summed E-state index contributed by atoms with van der Waals surface area (Å²) in [5.74, 6) is 11.5. The number of hydrazine groups is 1. The summed E-state index contributed by atoms with van der Waals surface area (Å²) in [6.07, 6.45) is 0.747. The zero-order valence-electron chi connectivity index (χ0n) is 9.59. The molecule has 15 heavy (non-hydrogen) atoms. The van der Waals surface area contributed by atoms with Crippen molar-refractivity contribution in [2.45, 2.75) is 33.2 Å². The Labute approximate surface area is 91.8 Å². The molecule has 0 bridgehead atoms. The number of nitrogens with two attached hydrogens (primary N) is 1. The lowest BCUT2D eigenvalue weighted by atomic mass is 9.98. The maximum Gasteiger partial charge on any atom is 0.0571 e. The van der Waals surface area contributed by atoms with Gasteiger partial charge in [0.2, 0.25) is 0 Å². The summed E-state index contributed by atoms with van der Waals surface area (Å²) in [6, 6.07) is 6.51. The van der Waals surface area contributed by atoms with E-state index < -0.39 is 0 Å². The minimum atomic E-state index is 0.123. The summed E-state index contributed by atoms with van der Waals surface area (Å²) in [7, 11) is 0. The molecule has 2 nitrogen and oxygen atoms in total. The second-order valence-electron chi connectivity index (χ2n) is 3.71. The molecular weight excluding hydrogens is 184 g/mol. The molecule has 0 heterocycles. The van der Waals surface area contributed by atoms with E-state index in [9.17, 15) is 0 Å². The maximum absolute atomic E-state index is 5.53. The Bertz CT molecular complexity index is 385. The lowest BCUT2D eigenvalue weighted by Gasteiger charge is -2.16. The van der Waals surface area contributed by atoms with E-state index >= 15 is 0 Å². The van der Waals surface area contributed by atoms with Crippen LogP contribution in [0.1, 0.15) is 36.1 Å². The Kier molecular flexibility index (Phi) is 4.36. The van der Waals surface area contributed by atoms with Gasteiger partial charge < -0.3 is 0 Å². The molecule has 0 aliphatic carbocycles. The average molecular weight is 202 g/mol. The molecule has 1 atom stereocenters. The highest BCUT2D eigenvalue weighted by atomic mass is 15.2. The van der Waals surface area contributed by atoms with E-state index in [2.05, 4.69) is 49.3 Å². The van der Waals surface area contributed by atoms with Gasteiger partial charge in [-0.2, -0.15) is 0 Å². The van der Waals surface area contributed by atoms with Crippen molar-refractivity contribution in [1.82, 2.24) is 5.43 Å². The number of benzene rings is 1. The van der Waals surface area contributed by atoms with E-state index in [4.69, 9.17) is 5.84 Å². The lowest BCUT2D eigenvalue weighted by molar-refractivity contribution is 0.565. The molecule has 1 rings (SSSR count). The van der Waals surface area contributed by atoms with Gasteiger partial charge in [0.25, 0.3) is 0 Å². The number of rotatable bonds is 3. The largest absolute Gasteiger partial charge is 0.271 e. The molecule has 0 amide bonds. The Morgan fingerprint density at radius 3 is 2.67 bits per heavy atom. The lowest BCUT2D eigenvalue weighted by Crippen LogP contribution is -2.28. The first-order chi connectivity index (χ1) is 7.19. The predicted molar refractivity (Wildman–Crippen MR) is 64.0 cm³/mol. The van der Waals surface area contributed by atoms with Crippen LogP contribution in [0.5, 0.6) is 0 Å². The Hall–Kier alpha value is -1.30. The molecule has 0 saturated heterocycles. The van der Waals surface area contributed by atoms with Crippen LogP contribution in [0.2, 0.25) is 0 Å². The summed E-state index contributed by atoms with van der Waals surface area (Å²) >= 11 is 0. The van der Waals surface area contributed by atoms with Gasteiger partial charge in [-0.15, -0.1) is 11.8 Å². The first-order valence-corrected chi connectivity index (χ1v) is 5.12. The molecule has 0 aliphatic heterocycles. The molecule has 1 unspecified atom stereocenters. The van der Waals surface area contributed by atoms with E-state index in [1.165, 1.54) is 16.7 Å². The van der Waals surface area contributed by atoms with Gasteiger partial charge in [0, 0.05) is 6.42 Å². The van der Waals surface area contributed by atoms with Crippen LogP contribution < -0.4 is 11.3 Å². The van der Waals surface area contributed by atoms with E-state index in [1.807, 2.05) is 6.92 Å². The van der Waals surface area contributed by atoms with Crippen LogP contribution in [0.25, 0.3) is 0 Å². The van der Waals surface area contributed by atoms with Crippen molar-refractivity contribution in [3.63, 3.8) is 0 Å². The molecular formula is C13H18N2. The van der Waals surface area contributed by atoms with Crippen LogP contribution in [-0.4, -0.2) is 0 Å². The van der Waals surface area contributed by atoms with Gasteiger partial charge in [0.05, 0.1) is 6.04 Å². The SMILES string of the molecule is CC#CCC(NN)c1ccc(C)cc1C. The summed E-state index contributed by atoms with van der Waals surface area (Å²) in [6.45, 7) is 6.04. The van der Waals surface area contributed by atoms with Crippen molar-refractivity contribution in [3.8, 4) is 11.8 Å². The summed E-state index contributed by atoms with van der Waals surface area (Å²) in [5.41, 5.74) is 6.57. The van der Waals surface area contributed by atoms with Crippen LogP contribution in [0.3, 0.4) is 0 Å². The normalized spacial score (nSPS) is 11.7. The van der Waals surface area contributed by atoms with Gasteiger partial charge in [-0.1, -0.05) is 23.8 Å². The second-order valence-corrected chi connectivity index (χ2v) is 3.71. The van der Waals surface area contributed by atoms with Crippen molar-refractivity contribution < 1.29 is 0 Å². The van der Waals surface area contributed by atoms with Gasteiger partial charge >= 0.3 is 0 Å². The maximum atomic E-state index is 5.53. The molecule has 1 aromatic rings. The molecule has 0 spiro atoms. The molecule has 1 aromatic carbocycles. The zero-order valence-corrected chi connectivity index (χ0v) is 9.59. The van der Waals surface area contributed by atoms with Crippen LogP contribution >= 0.6 is 0 Å². The van der Waals surface area contributed by atoms with E-state index in [0.29, 0.717) is 0 Å². The fourth-order valence-electron chi connectivity index (χ4n) is 1.68. The second kappa shape index (κ2) is 5.55. The first-order valence-electron chi connectivity index (χ1n) is 5.12. The van der Waals surface area contributed by atoms with E-state index in [-0.39, 0.29) is 6.04 Å². The zero-order chi connectivity index (χ0) is 11.3. The standard InChI is InChI=1S/C13H18N2/c1-4-5-6-13(15-14)12-8-7-10(2)9-11(12)3/h7-9,13,15H,6,14H2,1-3H3. The quantitative estimate of drug-likeness (QED) is 0.448. The molecule has 0 fully saturated rings. The number of nitrogens with one attached hydrogen (secondary N) is 1. The number of aryl methyl sites for hydroxylation is 2. The van der Waals surface area contributed by atoms with Crippen molar-refractivity contribution in [2.75, 3.05) is 0 Å². The molecule has 80 valence electrons. The molecule has 0 aliphatic rings. The number of hydrogen-bond acceptors (Lipinski definition) is 2. The van der Waals surface area contributed by atoms with Crippen molar-refractivity contribution >= 4 is 0 Å². The minimum absolute atomic E-state index is 0.123. The molecule has 3 N–H and O–H groups in total.